The van der Waals surface area contributed by atoms with Gasteiger partial charge in [0.05, 0.1) is 6.21 Å². The molecule has 0 bridgehead atoms. The molecule has 1 aromatic heterocycles. The topological polar surface area (TPSA) is 83.6 Å². The summed E-state index contributed by atoms with van der Waals surface area (Å²) in [4.78, 5) is 0. The Bertz CT molecular complexity index is 882. The van der Waals surface area contributed by atoms with Gasteiger partial charge < -0.3 is 19.4 Å². The molecule has 1 aliphatic rings. The van der Waals surface area contributed by atoms with Gasteiger partial charge in [-0.3, -0.25) is 5.43 Å². The van der Waals surface area contributed by atoms with Crippen molar-refractivity contribution in [2.45, 2.75) is 13.5 Å². The van der Waals surface area contributed by atoms with Crippen LogP contribution in [0, 0.1) is 18.3 Å². The molecule has 3 rings (SSSR count). The van der Waals surface area contributed by atoms with Gasteiger partial charge in [0.15, 0.2) is 16.6 Å². The van der Waals surface area contributed by atoms with Crippen LogP contribution < -0.4 is 20.2 Å². The van der Waals surface area contributed by atoms with Crippen molar-refractivity contribution in [3.8, 4) is 17.6 Å². The summed E-state index contributed by atoms with van der Waals surface area (Å²) < 4.78 is 12.4. The molecule has 2 N–H and O–H groups in total. The van der Waals surface area contributed by atoms with E-state index in [2.05, 4.69) is 21.9 Å². The number of nitriles is 1. The van der Waals surface area contributed by atoms with Crippen LogP contribution in [0.25, 0.3) is 0 Å². The van der Waals surface area contributed by atoms with Crippen LogP contribution in [0.1, 0.15) is 22.5 Å². The predicted molar refractivity (Wildman–Crippen MR) is 97.6 cm³/mol. The number of ether oxygens (including phenoxy) is 2. The summed E-state index contributed by atoms with van der Waals surface area (Å²) in [5.74, 6) is 1.49. The van der Waals surface area contributed by atoms with Gasteiger partial charge in [-0.15, -0.1) is 0 Å². The predicted octanol–water partition coefficient (Wildman–Crippen LogP) is 1.93. The number of hydrogen-bond donors (Lipinski definition) is 2. The van der Waals surface area contributed by atoms with Crippen LogP contribution in [0.15, 0.2) is 29.4 Å². The number of nitrogens with one attached hydrogen (secondary N) is 2. The Hall–Kier alpha value is -3.05. The van der Waals surface area contributed by atoms with Gasteiger partial charge in [0, 0.05) is 24.8 Å². The summed E-state index contributed by atoms with van der Waals surface area (Å²) >= 11 is 5.21. The number of thiocarbonyl (C=S) groups is 1. The maximum absolute atomic E-state index is 9.03. The SMILES string of the molecule is Cc1c(/C=N\NC(=S)NCc2ccc3c(c2)OCO3)cc(C#N)n1C. The molecule has 128 valence electrons. The molecule has 0 aliphatic carbocycles. The van der Waals surface area contributed by atoms with E-state index in [-0.39, 0.29) is 6.79 Å². The molecule has 0 spiro atoms. The molecule has 0 atom stereocenters. The quantitative estimate of drug-likeness (QED) is 0.495. The van der Waals surface area contributed by atoms with Crippen LogP contribution in [0.5, 0.6) is 11.5 Å². The van der Waals surface area contributed by atoms with E-state index < -0.39 is 0 Å². The first-order chi connectivity index (χ1) is 12.1. The van der Waals surface area contributed by atoms with Gasteiger partial charge in [-0.2, -0.15) is 10.4 Å². The second-order valence-corrected chi connectivity index (χ2v) is 5.89. The van der Waals surface area contributed by atoms with E-state index in [0.717, 1.165) is 28.3 Å². The first kappa shape index (κ1) is 16.8. The normalized spacial score (nSPS) is 12.2. The zero-order valence-electron chi connectivity index (χ0n) is 13.9. The Labute approximate surface area is 150 Å². The lowest BCUT2D eigenvalue weighted by molar-refractivity contribution is 0.174. The fraction of sp³-hybridized carbons (Fsp3) is 0.235. The first-order valence-electron chi connectivity index (χ1n) is 7.60. The van der Waals surface area contributed by atoms with E-state index in [4.69, 9.17) is 27.0 Å². The molecule has 2 heterocycles. The second-order valence-electron chi connectivity index (χ2n) is 5.48. The largest absolute Gasteiger partial charge is 0.454 e. The van der Waals surface area contributed by atoms with Crippen molar-refractivity contribution in [1.29, 1.82) is 5.26 Å². The number of fused-ring (bicyclic) bond motifs is 1. The number of aromatic nitrogens is 1. The van der Waals surface area contributed by atoms with Crippen molar-refractivity contribution in [2.75, 3.05) is 6.79 Å². The molecule has 7 nitrogen and oxygen atoms in total. The molecule has 0 saturated carbocycles. The molecule has 0 fully saturated rings. The molecule has 8 heteroatoms. The summed E-state index contributed by atoms with van der Waals surface area (Å²) in [5.41, 5.74) is 6.20. The van der Waals surface area contributed by atoms with Gasteiger partial charge in [-0.05, 0) is 42.9 Å². The minimum Gasteiger partial charge on any atom is -0.454 e. The molecule has 2 aromatic rings. The average molecular weight is 355 g/mol. The van der Waals surface area contributed by atoms with Gasteiger partial charge >= 0.3 is 0 Å². The number of hydrogen-bond acceptors (Lipinski definition) is 5. The zero-order valence-corrected chi connectivity index (χ0v) is 14.7. The van der Waals surface area contributed by atoms with Crippen LogP contribution in [-0.4, -0.2) is 22.7 Å². The van der Waals surface area contributed by atoms with Crippen LogP contribution in [0.4, 0.5) is 0 Å². The molecule has 0 radical (unpaired) electrons. The lowest BCUT2D eigenvalue weighted by Gasteiger charge is -2.07. The molecule has 0 unspecified atom stereocenters. The number of rotatable bonds is 4. The lowest BCUT2D eigenvalue weighted by atomic mass is 10.2. The van der Waals surface area contributed by atoms with Crippen LogP contribution >= 0.6 is 12.2 Å². The van der Waals surface area contributed by atoms with Crippen molar-refractivity contribution in [2.24, 2.45) is 12.1 Å². The Balaban J connectivity index is 1.52. The highest BCUT2D eigenvalue weighted by Crippen LogP contribution is 2.32. The fourth-order valence-corrected chi connectivity index (χ4v) is 2.52. The summed E-state index contributed by atoms with van der Waals surface area (Å²) in [5, 5.41) is 16.6. The van der Waals surface area contributed by atoms with Crippen molar-refractivity contribution in [3.63, 3.8) is 0 Å². The van der Waals surface area contributed by atoms with Crippen LogP contribution in [0.2, 0.25) is 0 Å². The molecule has 0 amide bonds. The molecule has 1 aromatic carbocycles. The second kappa shape index (κ2) is 7.23. The summed E-state index contributed by atoms with van der Waals surface area (Å²) in [6.45, 7) is 2.73. The number of benzene rings is 1. The summed E-state index contributed by atoms with van der Waals surface area (Å²) in [6.07, 6.45) is 1.64. The van der Waals surface area contributed by atoms with Gasteiger partial charge in [0.2, 0.25) is 6.79 Å². The van der Waals surface area contributed by atoms with E-state index in [1.54, 1.807) is 12.3 Å². The minimum atomic E-state index is 0.257. The average Bonchev–Trinajstić information content (AvgIpc) is 3.19. The maximum atomic E-state index is 9.03. The number of nitrogens with zero attached hydrogens (tertiary/aromatic N) is 3. The molecular formula is C17H17N5O2S. The highest BCUT2D eigenvalue weighted by atomic mass is 32.1. The smallest absolute Gasteiger partial charge is 0.231 e. The molecular weight excluding hydrogens is 338 g/mol. The van der Waals surface area contributed by atoms with E-state index in [0.29, 0.717) is 17.4 Å². The van der Waals surface area contributed by atoms with Gasteiger partial charge in [-0.25, -0.2) is 0 Å². The Morgan fingerprint density at radius 2 is 2.20 bits per heavy atom. The zero-order chi connectivity index (χ0) is 17.8. The van der Waals surface area contributed by atoms with Crippen LogP contribution in [-0.2, 0) is 13.6 Å². The third-order valence-corrected chi connectivity index (χ3v) is 4.18. The van der Waals surface area contributed by atoms with E-state index in [9.17, 15) is 0 Å². The third-order valence-electron chi connectivity index (χ3n) is 3.95. The monoisotopic (exact) mass is 355 g/mol. The fourth-order valence-electron chi connectivity index (χ4n) is 2.39. The van der Waals surface area contributed by atoms with Crippen molar-refractivity contribution in [1.82, 2.24) is 15.3 Å². The first-order valence-corrected chi connectivity index (χ1v) is 8.01. The van der Waals surface area contributed by atoms with E-state index in [1.807, 2.05) is 36.7 Å². The Morgan fingerprint density at radius 3 is 2.96 bits per heavy atom. The van der Waals surface area contributed by atoms with Crippen LogP contribution in [0.3, 0.4) is 0 Å². The molecule has 25 heavy (non-hydrogen) atoms. The number of hydrazone groups is 1. The standard InChI is InChI=1S/C17H17N5O2S/c1-11-13(6-14(7-18)22(11)2)9-20-21-17(25)19-8-12-3-4-15-16(5-12)24-10-23-15/h3-6,9H,8,10H2,1-2H3,(H2,19,21,25)/b20-9-. The Morgan fingerprint density at radius 1 is 1.40 bits per heavy atom. The summed E-state index contributed by atoms with van der Waals surface area (Å²) in [6, 6.07) is 9.65. The van der Waals surface area contributed by atoms with Gasteiger partial charge in [-0.1, -0.05) is 6.07 Å². The van der Waals surface area contributed by atoms with Crippen molar-refractivity contribution >= 4 is 23.5 Å². The van der Waals surface area contributed by atoms with Gasteiger partial charge in [0.25, 0.3) is 0 Å². The lowest BCUT2D eigenvalue weighted by Crippen LogP contribution is -2.31. The van der Waals surface area contributed by atoms with Crippen molar-refractivity contribution in [3.05, 3.63) is 46.8 Å². The molecule has 1 aliphatic heterocycles. The Kier molecular flexibility index (Phi) is 4.86. The van der Waals surface area contributed by atoms with E-state index in [1.165, 1.54) is 0 Å². The highest BCUT2D eigenvalue weighted by molar-refractivity contribution is 7.80. The van der Waals surface area contributed by atoms with Gasteiger partial charge in [0.1, 0.15) is 11.8 Å². The van der Waals surface area contributed by atoms with E-state index >= 15 is 0 Å². The third kappa shape index (κ3) is 3.72. The highest BCUT2D eigenvalue weighted by Gasteiger charge is 2.13. The minimum absolute atomic E-state index is 0.257. The maximum Gasteiger partial charge on any atom is 0.231 e. The van der Waals surface area contributed by atoms with Crippen molar-refractivity contribution < 1.29 is 9.47 Å². The molecule has 0 saturated heterocycles. The summed E-state index contributed by atoms with van der Waals surface area (Å²) in [7, 11) is 1.84.